The summed E-state index contributed by atoms with van der Waals surface area (Å²) in [7, 11) is 0. The molecule has 0 saturated carbocycles. The summed E-state index contributed by atoms with van der Waals surface area (Å²) in [6.07, 6.45) is 3.48. The molecule has 0 radical (unpaired) electrons. The number of hydrogen-bond acceptors (Lipinski definition) is 7. The molecule has 0 aliphatic rings. The van der Waals surface area contributed by atoms with E-state index in [4.69, 9.17) is 13.7 Å². The molecule has 0 N–H and O–H groups in total. The lowest BCUT2D eigenvalue weighted by atomic mass is 9.96. The lowest BCUT2D eigenvalue weighted by molar-refractivity contribution is 0.0391. The summed E-state index contributed by atoms with van der Waals surface area (Å²) >= 11 is 0. The summed E-state index contributed by atoms with van der Waals surface area (Å²) < 4.78 is 17.4. The average Bonchev–Trinajstić information content (AvgIpc) is 3.26. The van der Waals surface area contributed by atoms with Crippen molar-refractivity contribution in [1.82, 2.24) is 19.9 Å². The fourth-order valence-corrected chi connectivity index (χ4v) is 1.94. The standard InChI is InChI=1S/C16H18N4O4/c1-16(2,3)15-18-13(24-19-15)10-22-14(21)12-6-5-11(23-12)9-20-8-4-7-17-20/h4-8H,9-10H2,1-3H3. The van der Waals surface area contributed by atoms with Crippen molar-refractivity contribution in [3.8, 4) is 0 Å². The highest BCUT2D eigenvalue weighted by Crippen LogP contribution is 2.19. The van der Waals surface area contributed by atoms with Crippen LogP contribution in [-0.2, 0) is 23.3 Å². The highest BCUT2D eigenvalue weighted by Gasteiger charge is 2.22. The number of esters is 1. The zero-order valence-electron chi connectivity index (χ0n) is 13.7. The number of ether oxygens (including phenoxy) is 1. The van der Waals surface area contributed by atoms with Crippen molar-refractivity contribution in [2.45, 2.75) is 39.3 Å². The molecule has 0 unspecified atom stereocenters. The largest absolute Gasteiger partial charge is 0.452 e. The number of carbonyl (C=O) groups is 1. The van der Waals surface area contributed by atoms with Gasteiger partial charge < -0.3 is 13.7 Å². The Kier molecular flexibility index (Phi) is 4.20. The second kappa shape index (κ2) is 6.31. The lowest BCUT2D eigenvalue weighted by Crippen LogP contribution is -2.13. The Labute approximate surface area is 138 Å². The molecule has 0 aromatic carbocycles. The molecule has 0 bridgehead atoms. The van der Waals surface area contributed by atoms with Crippen molar-refractivity contribution >= 4 is 5.97 Å². The summed E-state index contributed by atoms with van der Waals surface area (Å²) in [6, 6.07) is 5.09. The van der Waals surface area contributed by atoms with E-state index >= 15 is 0 Å². The lowest BCUT2D eigenvalue weighted by Gasteiger charge is -2.10. The van der Waals surface area contributed by atoms with E-state index in [2.05, 4.69) is 15.2 Å². The molecule has 0 amide bonds. The van der Waals surface area contributed by atoms with Crippen LogP contribution >= 0.6 is 0 Å². The molecule has 24 heavy (non-hydrogen) atoms. The summed E-state index contributed by atoms with van der Waals surface area (Å²) in [5, 5.41) is 7.95. The zero-order valence-corrected chi connectivity index (χ0v) is 13.7. The topological polar surface area (TPSA) is 96.2 Å². The van der Waals surface area contributed by atoms with Crippen LogP contribution in [-0.4, -0.2) is 25.9 Å². The molecule has 0 saturated heterocycles. The van der Waals surface area contributed by atoms with Gasteiger partial charge in [0.05, 0.1) is 6.54 Å². The number of hydrogen-bond donors (Lipinski definition) is 0. The minimum Gasteiger partial charge on any atom is -0.452 e. The van der Waals surface area contributed by atoms with Crippen LogP contribution in [0, 0.1) is 0 Å². The van der Waals surface area contributed by atoms with Gasteiger partial charge in [-0.25, -0.2) is 4.79 Å². The molecule has 8 nitrogen and oxygen atoms in total. The Balaban J connectivity index is 1.57. The van der Waals surface area contributed by atoms with Gasteiger partial charge in [0.2, 0.25) is 5.76 Å². The first-order chi connectivity index (χ1) is 11.4. The Morgan fingerprint density at radius 3 is 2.83 bits per heavy atom. The van der Waals surface area contributed by atoms with Crippen LogP contribution in [0.1, 0.15) is 48.8 Å². The Morgan fingerprint density at radius 2 is 2.17 bits per heavy atom. The van der Waals surface area contributed by atoms with Crippen LogP contribution in [0.5, 0.6) is 0 Å². The van der Waals surface area contributed by atoms with E-state index in [9.17, 15) is 4.79 Å². The van der Waals surface area contributed by atoms with E-state index in [-0.39, 0.29) is 23.7 Å². The van der Waals surface area contributed by atoms with E-state index in [0.717, 1.165) is 0 Å². The Bertz CT molecular complexity index is 811. The normalized spacial score (nSPS) is 11.6. The van der Waals surface area contributed by atoms with E-state index in [0.29, 0.717) is 18.1 Å². The van der Waals surface area contributed by atoms with Gasteiger partial charge in [-0.1, -0.05) is 25.9 Å². The van der Waals surface area contributed by atoms with E-state index in [1.54, 1.807) is 23.0 Å². The molecular weight excluding hydrogens is 312 g/mol. The van der Waals surface area contributed by atoms with Crippen LogP contribution in [0.15, 0.2) is 39.5 Å². The van der Waals surface area contributed by atoms with E-state index in [1.807, 2.05) is 33.0 Å². The van der Waals surface area contributed by atoms with Crippen LogP contribution in [0.4, 0.5) is 0 Å². The third-order valence-electron chi connectivity index (χ3n) is 3.21. The summed E-state index contributed by atoms with van der Waals surface area (Å²) in [5.74, 6) is 0.952. The minimum atomic E-state index is -0.586. The van der Waals surface area contributed by atoms with Gasteiger partial charge in [0.15, 0.2) is 12.4 Å². The molecule has 0 aliphatic carbocycles. The molecule has 0 aliphatic heterocycles. The smallest absolute Gasteiger partial charge is 0.374 e. The number of furan rings is 1. The number of carbonyl (C=O) groups excluding carboxylic acids is 1. The van der Waals surface area contributed by atoms with Gasteiger partial charge in [-0.05, 0) is 18.2 Å². The maximum atomic E-state index is 12.0. The SMILES string of the molecule is CC(C)(C)c1noc(COC(=O)c2ccc(Cn3cccn3)o2)n1. The van der Waals surface area contributed by atoms with Gasteiger partial charge in [0.25, 0.3) is 5.89 Å². The van der Waals surface area contributed by atoms with Gasteiger partial charge in [-0.3, -0.25) is 4.68 Å². The zero-order chi connectivity index (χ0) is 17.2. The van der Waals surface area contributed by atoms with Crippen molar-refractivity contribution in [3.63, 3.8) is 0 Å². The first-order valence-electron chi connectivity index (χ1n) is 7.48. The van der Waals surface area contributed by atoms with Gasteiger partial charge in [-0.2, -0.15) is 10.1 Å². The average molecular weight is 330 g/mol. The first kappa shape index (κ1) is 16.0. The van der Waals surface area contributed by atoms with E-state index in [1.165, 1.54) is 0 Å². The highest BCUT2D eigenvalue weighted by atomic mass is 16.6. The maximum absolute atomic E-state index is 12.0. The summed E-state index contributed by atoms with van der Waals surface area (Å²) in [6.45, 7) is 6.25. The second-order valence-electron chi connectivity index (χ2n) is 6.31. The van der Waals surface area contributed by atoms with Gasteiger partial charge in [0, 0.05) is 17.8 Å². The van der Waals surface area contributed by atoms with Crippen LogP contribution in [0.25, 0.3) is 0 Å². The molecule has 3 aromatic heterocycles. The number of rotatable bonds is 5. The van der Waals surface area contributed by atoms with Crippen LogP contribution in [0.2, 0.25) is 0 Å². The fourth-order valence-electron chi connectivity index (χ4n) is 1.94. The third kappa shape index (κ3) is 3.70. The van der Waals surface area contributed by atoms with Crippen molar-refractivity contribution in [3.05, 3.63) is 53.8 Å². The van der Waals surface area contributed by atoms with Crippen molar-refractivity contribution < 1.29 is 18.5 Å². The summed E-state index contributed by atoms with van der Waals surface area (Å²) in [5.41, 5.74) is -0.228. The molecule has 3 heterocycles. The second-order valence-corrected chi connectivity index (χ2v) is 6.31. The minimum absolute atomic E-state index is 0.100. The maximum Gasteiger partial charge on any atom is 0.374 e. The first-order valence-corrected chi connectivity index (χ1v) is 7.48. The molecule has 0 fully saturated rings. The molecular formula is C16H18N4O4. The molecule has 0 spiro atoms. The molecule has 8 heteroatoms. The van der Waals surface area contributed by atoms with Gasteiger partial charge in [0.1, 0.15) is 5.76 Å². The number of nitrogens with zero attached hydrogens (tertiary/aromatic N) is 4. The van der Waals surface area contributed by atoms with Gasteiger partial charge >= 0.3 is 5.97 Å². The van der Waals surface area contributed by atoms with Crippen molar-refractivity contribution in [1.29, 1.82) is 0 Å². The van der Waals surface area contributed by atoms with Crippen molar-refractivity contribution in [2.75, 3.05) is 0 Å². The highest BCUT2D eigenvalue weighted by molar-refractivity contribution is 5.86. The predicted octanol–water partition coefficient (Wildman–Crippen LogP) is 2.56. The predicted molar refractivity (Wildman–Crippen MR) is 82.2 cm³/mol. The summed E-state index contributed by atoms with van der Waals surface area (Å²) in [4.78, 5) is 16.2. The van der Waals surface area contributed by atoms with Crippen LogP contribution in [0.3, 0.4) is 0 Å². The molecule has 0 atom stereocenters. The Hall–Kier alpha value is -2.90. The van der Waals surface area contributed by atoms with E-state index < -0.39 is 5.97 Å². The molecule has 126 valence electrons. The third-order valence-corrected chi connectivity index (χ3v) is 3.21. The molecule has 3 rings (SSSR count). The molecule has 3 aromatic rings. The number of aromatic nitrogens is 4. The monoisotopic (exact) mass is 330 g/mol. The Morgan fingerprint density at radius 1 is 1.33 bits per heavy atom. The quantitative estimate of drug-likeness (QED) is 0.663. The fraction of sp³-hybridized carbons (Fsp3) is 0.375. The van der Waals surface area contributed by atoms with Gasteiger partial charge in [-0.15, -0.1) is 0 Å². The van der Waals surface area contributed by atoms with Crippen LogP contribution < -0.4 is 0 Å². The van der Waals surface area contributed by atoms with Crippen molar-refractivity contribution in [2.24, 2.45) is 0 Å².